The molecule has 0 spiro atoms. The molecule has 98 valence electrons. The summed E-state index contributed by atoms with van der Waals surface area (Å²) in [6.07, 6.45) is 0.799. The molecule has 0 bridgehead atoms. The number of aliphatic carboxylic acids is 2. The van der Waals surface area contributed by atoms with E-state index in [0.29, 0.717) is 5.82 Å². The second-order valence-corrected chi connectivity index (χ2v) is 4.12. The van der Waals surface area contributed by atoms with Gasteiger partial charge in [-0.05, 0) is 5.92 Å². The minimum atomic E-state index is -1.23. The van der Waals surface area contributed by atoms with Crippen molar-refractivity contribution in [1.29, 1.82) is 0 Å². The van der Waals surface area contributed by atoms with E-state index in [1.807, 2.05) is 13.8 Å². The van der Waals surface area contributed by atoms with Gasteiger partial charge < -0.3 is 15.5 Å². The molecule has 7 nitrogen and oxygen atoms in total. The summed E-state index contributed by atoms with van der Waals surface area (Å²) in [6.45, 7) is 3.89. The summed E-state index contributed by atoms with van der Waals surface area (Å²) < 4.78 is 0. The van der Waals surface area contributed by atoms with Crippen LogP contribution in [0.4, 0.5) is 5.82 Å². The lowest BCUT2D eigenvalue weighted by Crippen LogP contribution is -2.32. The van der Waals surface area contributed by atoms with Crippen LogP contribution >= 0.6 is 0 Å². The number of aromatic nitrogens is 2. The highest BCUT2D eigenvalue weighted by Gasteiger charge is 2.21. The van der Waals surface area contributed by atoms with E-state index in [0.717, 1.165) is 5.69 Å². The van der Waals surface area contributed by atoms with Crippen LogP contribution in [0, 0.1) is 0 Å². The number of rotatable bonds is 6. The monoisotopic (exact) mass is 253 g/mol. The summed E-state index contributed by atoms with van der Waals surface area (Å²) in [5.41, 5.74) is 0.756. The quantitative estimate of drug-likeness (QED) is 0.691. The lowest BCUT2D eigenvalue weighted by atomic mass is 10.1. The molecule has 0 aliphatic carbocycles. The third-order valence-corrected chi connectivity index (χ3v) is 2.28. The van der Waals surface area contributed by atoms with E-state index >= 15 is 0 Å². The van der Waals surface area contributed by atoms with E-state index in [1.54, 1.807) is 6.07 Å². The van der Waals surface area contributed by atoms with E-state index in [1.165, 1.54) is 6.33 Å². The predicted octanol–water partition coefficient (Wildman–Crippen LogP) is 0.940. The van der Waals surface area contributed by atoms with E-state index in [9.17, 15) is 9.59 Å². The van der Waals surface area contributed by atoms with E-state index < -0.39 is 24.4 Å². The lowest BCUT2D eigenvalue weighted by molar-refractivity contribution is -0.144. The summed E-state index contributed by atoms with van der Waals surface area (Å²) in [7, 11) is 0. The largest absolute Gasteiger partial charge is 0.481 e. The van der Waals surface area contributed by atoms with Crippen molar-refractivity contribution in [3.8, 4) is 0 Å². The number of hydrogen-bond donors (Lipinski definition) is 3. The highest BCUT2D eigenvalue weighted by molar-refractivity contribution is 5.83. The number of anilines is 1. The van der Waals surface area contributed by atoms with Gasteiger partial charge in [-0.1, -0.05) is 13.8 Å². The number of carbonyl (C=O) groups is 2. The Morgan fingerprint density at radius 1 is 1.33 bits per heavy atom. The minimum Gasteiger partial charge on any atom is -0.481 e. The zero-order valence-corrected chi connectivity index (χ0v) is 10.1. The Bertz CT molecular complexity index is 448. The summed E-state index contributed by atoms with van der Waals surface area (Å²) in [5.74, 6) is -1.94. The van der Waals surface area contributed by atoms with Crippen LogP contribution in [-0.2, 0) is 9.59 Å². The lowest BCUT2D eigenvalue weighted by Gasteiger charge is -2.13. The van der Waals surface area contributed by atoms with Gasteiger partial charge in [-0.2, -0.15) is 0 Å². The molecule has 0 saturated carbocycles. The van der Waals surface area contributed by atoms with Crippen molar-refractivity contribution < 1.29 is 19.8 Å². The Hall–Kier alpha value is -2.18. The molecule has 1 aromatic rings. The van der Waals surface area contributed by atoms with Gasteiger partial charge in [0.05, 0.1) is 6.42 Å². The maximum atomic E-state index is 10.9. The summed E-state index contributed by atoms with van der Waals surface area (Å²) in [6, 6.07) is 0.403. The van der Waals surface area contributed by atoms with Crippen molar-refractivity contribution in [3.63, 3.8) is 0 Å². The van der Waals surface area contributed by atoms with Crippen LogP contribution < -0.4 is 5.32 Å². The molecule has 0 aromatic carbocycles. The van der Waals surface area contributed by atoms with Crippen LogP contribution in [0.15, 0.2) is 12.4 Å². The molecule has 1 rings (SSSR count). The molecule has 7 heteroatoms. The smallest absolute Gasteiger partial charge is 0.326 e. The number of hydrogen-bond acceptors (Lipinski definition) is 5. The van der Waals surface area contributed by atoms with Crippen molar-refractivity contribution in [3.05, 3.63) is 18.1 Å². The molecular formula is C11H15N3O4. The molecule has 1 unspecified atom stereocenters. The highest BCUT2D eigenvalue weighted by atomic mass is 16.4. The first-order valence-corrected chi connectivity index (χ1v) is 5.43. The molecule has 0 amide bonds. The predicted molar refractivity (Wildman–Crippen MR) is 63.4 cm³/mol. The average Bonchev–Trinajstić information content (AvgIpc) is 2.27. The fraction of sp³-hybridized carbons (Fsp3) is 0.455. The topological polar surface area (TPSA) is 112 Å². The normalized spacial score (nSPS) is 12.2. The molecule has 1 aromatic heterocycles. The second-order valence-electron chi connectivity index (χ2n) is 4.12. The van der Waals surface area contributed by atoms with Crippen LogP contribution in [0.1, 0.15) is 31.9 Å². The highest BCUT2D eigenvalue weighted by Crippen LogP contribution is 2.14. The van der Waals surface area contributed by atoms with Crippen molar-refractivity contribution in [2.45, 2.75) is 32.2 Å². The van der Waals surface area contributed by atoms with Crippen LogP contribution in [0.2, 0.25) is 0 Å². The van der Waals surface area contributed by atoms with Crippen molar-refractivity contribution >= 4 is 17.8 Å². The minimum absolute atomic E-state index is 0.177. The Balaban J connectivity index is 2.83. The molecule has 0 fully saturated rings. The van der Waals surface area contributed by atoms with Crippen molar-refractivity contribution in [2.24, 2.45) is 0 Å². The Kier molecular flexibility index (Phi) is 4.59. The van der Waals surface area contributed by atoms with Gasteiger partial charge in [-0.25, -0.2) is 14.8 Å². The zero-order valence-electron chi connectivity index (χ0n) is 10.1. The van der Waals surface area contributed by atoms with Gasteiger partial charge in [0.25, 0.3) is 0 Å². The standard InChI is InChI=1S/C11H15N3O4/c1-6(2)7-3-9(13-5-12-7)14-8(11(17)18)4-10(15)16/h3,5-6,8H,4H2,1-2H3,(H,15,16)(H,17,18)(H,12,13,14). The number of nitrogens with one attached hydrogen (secondary N) is 1. The Labute approximate surface area is 104 Å². The Morgan fingerprint density at radius 2 is 2.00 bits per heavy atom. The second kappa shape index (κ2) is 5.95. The third-order valence-electron chi connectivity index (χ3n) is 2.28. The summed E-state index contributed by atoms with van der Waals surface area (Å²) in [4.78, 5) is 29.3. The van der Waals surface area contributed by atoms with Gasteiger partial charge in [0.15, 0.2) is 0 Å². The van der Waals surface area contributed by atoms with Gasteiger partial charge in [-0.3, -0.25) is 4.79 Å². The van der Waals surface area contributed by atoms with Gasteiger partial charge in [0, 0.05) is 11.8 Å². The molecule has 3 N–H and O–H groups in total. The van der Waals surface area contributed by atoms with Gasteiger partial charge in [0.1, 0.15) is 18.2 Å². The maximum Gasteiger partial charge on any atom is 0.326 e. The Morgan fingerprint density at radius 3 is 2.50 bits per heavy atom. The molecule has 0 aliphatic rings. The summed E-state index contributed by atoms with van der Waals surface area (Å²) in [5, 5.41) is 20.1. The van der Waals surface area contributed by atoms with Gasteiger partial charge >= 0.3 is 11.9 Å². The number of carboxylic acids is 2. The molecule has 1 heterocycles. The van der Waals surface area contributed by atoms with Crippen LogP contribution in [0.25, 0.3) is 0 Å². The molecule has 0 saturated heterocycles. The molecule has 0 radical (unpaired) electrons. The first kappa shape index (κ1) is 13.9. The first-order chi connectivity index (χ1) is 8.40. The van der Waals surface area contributed by atoms with E-state index in [4.69, 9.17) is 10.2 Å². The van der Waals surface area contributed by atoms with Gasteiger partial charge in [-0.15, -0.1) is 0 Å². The van der Waals surface area contributed by atoms with Crippen molar-refractivity contribution in [1.82, 2.24) is 9.97 Å². The summed E-state index contributed by atoms with van der Waals surface area (Å²) >= 11 is 0. The van der Waals surface area contributed by atoms with Crippen LogP contribution in [0.3, 0.4) is 0 Å². The first-order valence-electron chi connectivity index (χ1n) is 5.43. The van der Waals surface area contributed by atoms with Crippen LogP contribution in [-0.4, -0.2) is 38.2 Å². The number of nitrogens with zero attached hydrogens (tertiary/aromatic N) is 2. The molecule has 18 heavy (non-hydrogen) atoms. The molecular weight excluding hydrogens is 238 g/mol. The van der Waals surface area contributed by atoms with E-state index in [2.05, 4.69) is 15.3 Å². The fourth-order valence-corrected chi connectivity index (χ4v) is 1.32. The van der Waals surface area contributed by atoms with Gasteiger partial charge in [0.2, 0.25) is 0 Å². The van der Waals surface area contributed by atoms with E-state index in [-0.39, 0.29) is 5.92 Å². The third kappa shape index (κ3) is 4.00. The molecule has 0 aliphatic heterocycles. The number of carboxylic acid groups (broad SMARTS) is 2. The average molecular weight is 253 g/mol. The van der Waals surface area contributed by atoms with Crippen LogP contribution in [0.5, 0.6) is 0 Å². The van der Waals surface area contributed by atoms with Crippen molar-refractivity contribution in [2.75, 3.05) is 5.32 Å². The molecule has 1 atom stereocenters. The maximum absolute atomic E-state index is 10.9. The SMILES string of the molecule is CC(C)c1cc(NC(CC(=O)O)C(=O)O)ncn1. The zero-order chi connectivity index (χ0) is 13.7. The fourth-order valence-electron chi connectivity index (χ4n) is 1.32.